The average molecular weight is 508 g/mol. The summed E-state index contributed by atoms with van der Waals surface area (Å²) in [6, 6.07) is 20.5. The number of halogens is 1. The lowest BCUT2D eigenvalue weighted by Crippen LogP contribution is -2.33. The van der Waals surface area contributed by atoms with Gasteiger partial charge in [-0.1, -0.05) is 36.0 Å². The lowest BCUT2D eigenvalue weighted by atomic mass is 10.2. The number of carbonyl (C=O) groups is 2. The van der Waals surface area contributed by atoms with Crippen molar-refractivity contribution >= 4 is 34.4 Å². The van der Waals surface area contributed by atoms with Gasteiger partial charge in [0.05, 0.1) is 27.3 Å². The van der Waals surface area contributed by atoms with Gasteiger partial charge in [-0.2, -0.15) is 0 Å². The van der Waals surface area contributed by atoms with Crippen molar-refractivity contribution in [3.63, 3.8) is 0 Å². The van der Waals surface area contributed by atoms with Crippen LogP contribution < -0.4 is 14.8 Å². The van der Waals surface area contributed by atoms with E-state index < -0.39 is 5.25 Å². The quantitative estimate of drug-likeness (QED) is 0.447. The van der Waals surface area contributed by atoms with E-state index in [9.17, 15) is 14.0 Å². The number of amidine groups is 1. The third-order valence-corrected chi connectivity index (χ3v) is 6.79. The molecule has 0 aromatic heterocycles. The van der Waals surface area contributed by atoms with Crippen LogP contribution in [0.4, 0.5) is 10.1 Å². The Kier molecular flexibility index (Phi) is 8.22. The molecule has 0 bridgehead atoms. The second-order valence-electron chi connectivity index (χ2n) is 8.09. The first-order chi connectivity index (χ1) is 17.4. The van der Waals surface area contributed by atoms with E-state index >= 15 is 0 Å². The van der Waals surface area contributed by atoms with E-state index in [0.717, 1.165) is 22.6 Å². The number of aliphatic imine (C=N–C) groups is 1. The van der Waals surface area contributed by atoms with Crippen molar-refractivity contribution in [3.8, 4) is 11.5 Å². The van der Waals surface area contributed by atoms with E-state index in [0.29, 0.717) is 23.9 Å². The number of hydrogen-bond acceptors (Lipinski definition) is 6. The van der Waals surface area contributed by atoms with Crippen LogP contribution in [0.15, 0.2) is 77.8 Å². The summed E-state index contributed by atoms with van der Waals surface area (Å²) in [5.74, 6) is 0.586. The van der Waals surface area contributed by atoms with Gasteiger partial charge < -0.3 is 14.8 Å². The van der Waals surface area contributed by atoms with Crippen LogP contribution in [0.3, 0.4) is 0 Å². The summed E-state index contributed by atoms with van der Waals surface area (Å²) in [4.78, 5) is 32.3. The van der Waals surface area contributed by atoms with Crippen LogP contribution in [0.5, 0.6) is 11.5 Å². The Labute approximate surface area is 213 Å². The summed E-state index contributed by atoms with van der Waals surface area (Å²) in [5, 5.41) is 2.67. The number of hydrogen-bond donors (Lipinski definition) is 1. The third kappa shape index (κ3) is 6.42. The molecular weight excluding hydrogens is 481 g/mol. The normalized spacial score (nSPS) is 16.3. The van der Waals surface area contributed by atoms with Crippen molar-refractivity contribution in [2.75, 3.05) is 19.5 Å². The van der Waals surface area contributed by atoms with Crippen LogP contribution in [0.25, 0.3) is 0 Å². The second kappa shape index (κ2) is 11.7. The Morgan fingerprint density at radius 1 is 0.944 bits per heavy atom. The molecule has 1 aliphatic heterocycles. The molecule has 0 saturated carbocycles. The number of rotatable bonds is 9. The molecule has 3 aromatic carbocycles. The maximum atomic E-state index is 13.3. The van der Waals surface area contributed by atoms with Gasteiger partial charge in [-0.3, -0.25) is 19.5 Å². The van der Waals surface area contributed by atoms with E-state index in [1.54, 1.807) is 19.1 Å². The molecule has 36 heavy (non-hydrogen) atoms. The molecule has 3 aromatic rings. The Balaban J connectivity index is 1.50. The summed E-state index contributed by atoms with van der Waals surface area (Å²) < 4.78 is 23.6. The van der Waals surface area contributed by atoms with Crippen LogP contribution in [0, 0.1) is 5.82 Å². The number of nitrogens with one attached hydrogen (secondary N) is 1. The third-order valence-electron chi connectivity index (χ3n) is 5.57. The highest BCUT2D eigenvalue weighted by atomic mass is 32.2. The molecule has 9 heteroatoms. The molecule has 0 aliphatic carbocycles. The van der Waals surface area contributed by atoms with E-state index in [4.69, 9.17) is 14.5 Å². The van der Waals surface area contributed by atoms with Gasteiger partial charge in [0.2, 0.25) is 11.8 Å². The van der Waals surface area contributed by atoms with Crippen molar-refractivity contribution in [3.05, 3.63) is 89.7 Å². The zero-order chi connectivity index (χ0) is 25.5. The molecule has 1 N–H and O–H groups in total. The molecule has 1 fully saturated rings. The largest absolute Gasteiger partial charge is 0.497 e. The van der Waals surface area contributed by atoms with Crippen molar-refractivity contribution in [2.45, 2.75) is 24.8 Å². The standard InChI is InChI=1S/C27H26FN3O4S/c1-34-22-11-3-18(4-12-22)16-29-27-31(17-19-5-13-23(35-2)14-6-19)26(33)24(36-27)15-25(32)30-21-9-7-20(28)8-10-21/h3-14,24H,15-17H2,1-2H3,(H,30,32)/t24-/m1/s1. The fraction of sp³-hybridized carbons (Fsp3) is 0.222. The Bertz CT molecular complexity index is 1230. The number of nitrogens with zero attached hydrogens (tertiary/aromatic N) is 2. The van der Waals surface area contributed by atoms with E-state index in [2.05, 4.69) is 5.32 Å². The molecule has 1 heterocycles. The van der Waals surface area contributed by atoms with Crippen LogP contribution in [-0.2, 0) is 22.7 Å². The van der Waals surface area contributed by atoms with E-state index in [1.807, 2.05) is 48.5 Å². The molecule has 2 amide bonds. The van der Waals surface area contributed by atoms with Gasteiger partial charge >= 0.3 is 0 Å². The zero-order valence-corrected chi connectivity index (χ0v) is 20.8. The van der Waals surface area contributed by atoms with Crippen LogP contribution in [0.2, 0.25) is 0 Å². The first-order valence-corrected chi connectivity index (χ1v) is 12.2. The van der Waals surface area contributed by atoms with Gasteiger partial charge in [0.25, 0.3) is 0 Å². The van der Waals surface area contributed by atoms with Crippen LogP contribution >= 0.6 is 11.8 Å². The molecule has 7 nitrogen and oxygen atoms in total. The first kappa shape index (κ1) is 25.2. The summed E-state index contributed by atoms with van der Waals surface area (Å²) >= 11 is 1.28. The van der Waals surface area contributed by atoms with Crippen LogP contribution in [0.1, 0.15) is 17.5 Å². The highest BCUT2D eigenvalue weighted by Crippen LogP contribution is 2.32. The monoisotopic (exact) mass is 507 g/mol. The SMILES string of the molecule is COc1ccc(CN=C2S[C@H](CC(=O)Nc3ccc(F)cc3)C(=O)N2Cc2ccc(OC)cc2)cc1. The first-order valence-electron chi connectivity index (χ1n) is 11.3. The van der Waals surface area contributed by atoms with Crippen molar-refractivity contribution in [1.82, 2.24) is 4.90 Å². The lowest BCUT2D eigenvalue weighted by Gasteiger charge is -2.17. The van der Waals surface area contributed by atoms with Gasteiger partial charge in [0.1, 0.15) is 22.6 Å². The minimum absolute atomic E-state index is 0.0262. The lowest BCUT2D eigenvalue weighted by molar-refractivity contribution is -0.128. The molecule has 186 valence electrons. The highest BCUT2D eigenvalue weighted by Gasteiger charge is 2.39. The van der Waals surface area contributed by atoms with Gasteiger partial charge in [-0.05, 0) is 59.7 Å². The Morgan fingerprint density at radius 3 is 2.11 bits per heavy atom. The number of carbonyl (C=O) groups excluding carboxylic acids is 2. The zero-order valence-electron chi connectivity index (χ0n) is 19.9. The molecule has 4 rings (SSSR count). The molecule has 0 spiro atoms. The average Bonchev–Trinajstić information content (AvgIpc) is 3.18. The smallest absolute Gasteiger partial charge is 0.242 e. The molecular formula is C27H26FN3O4S. The van der Waals surface area contributed by atoms with Gasteiger partial charge in [-0.25, -0.2) is 4.39 Å². The molecule has 1 atom stereocenters. The predicted molar refractivity (Wildman–Crippen MR) is 139 cm³/mol. The van der Waals surface area contributed by atoms with Crippen molar-refractivity contribution in [2.24, 2.45) is 4.99 Å². The van der Waals surface area contributed by atoms with Crippen molar-refractivity contribution < 1.29 is 23.5 Å². The molecule has 1 saturated heterocycles. The Morgan fingerprint density at radius 2 is 1.53 bits per heavy atom. The fourth-order valence-electron chi connectivity index (χ4n) is 3.62. The highest BCUT2D eigenvalue weighted by molar-refractivity contribution is 8.15. The van der Waals surface area contributed by atoms with E-state index in [-0.39, 0.29) is 24.1 Å². The summed E-state index contributed by atoms with van der Waals surface area (Å²) in [6.07, 6.45) is -0.0262. The number of thioether (sulfide) groups is 1. The second-order valence-corrected chi connectivity index (χ2v) is 9.25. The summed E-state index contributed by atoms with van der Waals surface area (Å²) in [7, 11) is 3.21. The minimum atomic E-state index is -0.613. The van der Waals surface area contributed by atoms with E-state index in [1.165, 1.54) is 36.0 Å². The number of ether oxygens (including phenoxy) is 2. The summed E-state index contributed by atoms with van der Waals surface area (Å²) in [5.41, 5.74) is 2.36. The Hall–Kier alpha value is -3.85. The maximum Gasteiger partial charge on any atom is 0.242 e. The number of anilines is 1. The number of methoxy groups -OCH3 is 2. The predicted octanol–water partition coefficient (Wildman–Crippen LogP) is 4.87. The topological polar surface area (TPSA) is 80.2 Å². The van der Waals surface area contributed by atoms with Gasteiger partial charge in [0.15, 0.2) is 5.17 Å². The number of amides is 2. The minimum Gasteiger partial charge on any atom is -0.497 e. The molecule has 0 radical (unpaired) electrons. The molecule has 1 aliphatic rings. The van der Waals surface area contributed by atoms with Crippen molar-refractivity contribution in [1.29, 1.82) is 0 Å². The fourth-order valence-corrected chi connectivity index (χ4v) is 4.76. The number of benzene rings is 3. The molecule has 0 unspecified atom stereocenters. The summed E-state index contributed by atoms with van der Waals surface area (Å²) in [6.45, 7) is 0.709. The van der Waals surface area contributed by atoms with Gasteiger partial charge in [0, 0.05) is 12.1 Å². The van der Waals surface area contributed by atoms with Gasteiger partial charge in [-0.15, -0.1) is 0 Å². The maximum absolute atomic E-state index is 13.3. The van der Waals surface area contributed by atoms with Crippen LogP contribution in [-0.4, -0.2) is 41.4 Å².